The van der Waals surface area contributed by atoms with E-state index in [-0.39, 0.29) is 24.3 Å². The Labute approximate surface area is 104 Å². The van der Waals surface area contributed by atoms with Crippen LogP contribution in [0.1, 0.15) is 15.9 Å². The van der Waals surface area contributed by atoms with Crippen molar-refractivity contribution >= 4 is 11.7 Å². The van der Waals surface area contributed by atoms with Crippen molar-refractivity contribution in [1.29, 1.82) is 5.26 Å². The van der Waals surface area contributed by atoms with Gasteiger partial charge in [-0.05, 0) is 18.2 Å². The molecule has 0 radical (unpaired) electrons. The summed E-state index contributed by atoms with van der Waals surface area (Å²) in [5.74, 6) is -0.599. The van der Waals surface area contributed by atoms with Gasteiger partial charge < -0.3 is 20.3 Å². The molecule has 0 saturated heterocycles. The lowest BCUT2D eigenvalue weighted by molar-refractivity contribution is 0.0600. The van der Waals surface area contributed by atoms with Gasteiger partial charge in [0.05, 0.1) is 30.9 Å². The number of hydrogen-bond donors (Lipinski definition) is 3. The number of methoxy groups -OCH3 is 1. The molecular formula is C12H14N2O4. The van der Waals surface area contributed by atoms with E-state index in [1.807, 2.05) is 6.07 Å². The third kappa shape index (κ3) is 3.45. The summed E-state index contributed by atoms with van der Waals surface area (Å²) in [6.07, 6.45) is -0.887. The predicted octanol–water partition coefficient (Wildman–Crippen LogP) is 0.110. The van der Waals surface area contributed by atoms with Crippen molar-refractivity contribution < 1.29 is 19.7 Å². The van der Waals surface area contributed by atoms with E-state index in [1.165, 1.54) is 19.2 Å². The first-order chi connectivity index (χ1) is 8.62. The summed E-state index contributed by atoms with van der Waals surface area (Å²) in [7, 11) is 1.24. The number of nitrogens with zero attached hydrogens (tertiary/aromatic N) is 1. The molecule has 6 nitrogen and oxygen atoms in total. The molecule has 3 N–H and O–H groups in total. The summed E-state index contributed by atoms with van der Waals surface area (Å²) in [6.45, 7) is -0.212. The Bertz CT molecular complexity index is 468. The van der Waals surface area contributed by atoms with Crippen molar-refractivity contribution in [3.63, 3.8) is 0 Å². The number of rotatable bonds is 5. The van der Waals surface area contributed by atoms with Crippen molar-refractivity contribution in [2.45, 2.75) is 6.10 Å². The zero-order chi connectivity index (χ0) is 13.5. The molecule has 0 amide bonds. The molecule has 0 aromatic heterocycles. The van der Waals surface area contributed by atoms with Crippen LogP contribution in [0.5, 0.6) is 0 Å². The molecular weight excluding hydrogens is 236 g/mol. The van der Waals surface area contributed by atoms with E-state index in [4.69, 9.17) is 10.4 Å². The molecule has 1 aromatic carbocycles. The molecule has 0 fully saturated rings. The van der Waals surface area contributed by atoms with Gasteiger partial charge in [-0.2, -0.15) is 5.26 Å². The number of anilines is 1. The van der Waals surface area contributed by atoms with Crippen molar-refractivity contribution in [1.82, 2.24) is 0 Å². The van der Waals surface area contributed by atoms with E-state index in [9.17, 15) is 9.90 Å². The molecule has 0 aliphatic carbocycles. The molecule has 1 unspecified atom stereocenters. The van der Waals surface area contributed by atoms with Gasteiger partial charge >= 0.3 is 5.97 Å². The van der Waals surface area contributed by atoms with Gasteiger partial charge in [0.2, 0.25) is 0 Å². The highest BCUT2D eigenvalue weighted by atomic mass is 16.5. The van der Waals surface area contributed by atoms with Gasteiger partial charge in [-0.1, -0.05) is 0 Å². The van der Waals surface area contributed by atoms with Gasteiger partial charge in [0.25, 0.3) is 0 Å². The number of benzene rings is 1. The number of aliphatic hydroxyl groups is 2. The molecule has 18 heavy (non-hydrogen) atoms. The third-order valence-corrected chi connectivity index (χ3v) is 2.30. The first kappa shape index (κ1) is 14.0. The number of ether oxygens (including phenoxy) is 1. The fraction of sp³-hybridized carbons (Fsp3) is 0.333. The minimum atomic E-state index is -0.887. The van der Waals surface area contributed by atoms with Gasteiger partial charge in [-0.25, -0.2) is 4.79 Å². The molecule has 0 aliphatic heterocycles. The molecule has 6 heteroatoms. The number of hydrogen-bond acceptors (Lipinski definition) is 6. The summed E-state index contributed by atoms with van der Waals surface area (Å²) in [5.41, 5.74) is 0.931. The third-order valence-electron chi connectivity index (χ3n) is 2.30. The highest BCUT2D eigenvalue weighted by Crippen LogP contribution is 2.16. The van der Waals surface area contributed by atoms with E-state index in [0.717, 1.165) is 0 Å². The van der Waals surface area contributed by atoms with Crippen LogP contribution in [0.3, 0.4) is 0 Å². The average molecular weight is 250 g/mol. The molecule has 0 aliphatic rings. The van der Waals surface area contributed by atoms with Gasteiger partial charge in [0, 0.05) is 12.2 Å². The number of nitrogens with one attached hydrogen (secondary N) is 1. The second-order valence-corrected chi connectivity index (χ2v) is 3.58. The fourth-order valence-electron chi connectivity index (χ4n) is 1.33. The van der Waals surface area contributed by atoms with Crippen LogP contribution < -0.4 is 5.32 Å². The van der Waals surface area contributed by atoms with Crippen molar-refractivity contribution in [3.05, 3.63) is 29.3 Å². The van der Waals surface area contributed by atoms with E-state index in [2.05, 4.69) is 10.1 Å². The first-order valence-corrected chi connectivity index (χ1v) is 5.27. The number of carbonyl (C=O) groups excluding carboxylic acids is 1. The van der Waals surface area contributed by atoms with Crippen molar-refractivity contribution in [2.75, 3.05) is 25.6 Å². The summed E-state index contributed by atoms with van der Waals surface area (Å²) in [5, 5.41) is 29.6. The average Bonchev–Trinajstić information content (AvgIpc) is 2.43. The standard InChI is InChI=1S/C12H14N2O4/c1-18-12(17)11-4-9(3-2-8(11)5-13)14-6-10(16)7-15/h2-4,10,14-16H,6-7H2,1H3. The highest BCUT2D eigenvalue weighted by Gasteiger charge is 2.12. The van der Waals surface area contributed by atoms with E-state index in [1.54, 1.807) is 6.07 Å². The molecule has 1 atom stereocenters. The zero-order valence-corrected chi connectivity index (χ0v) is 9.88. The lowest BCUT2D eigenvalue weighted by atomic mass is 10.1. The maximum Gasteiger partial charge on any atom is 0.339 e. The Balaban J connectivity index is 2.90. The van der Waals surface area contributed by atoms with Crippen LogP contribution in [0.15, 0.2) is 18.2 Å². The van der Waals surface area contributed by atoms with Crippen LogP contribution in [-0.4, -0.2) is 42.5 Å². The van der Waals surface area contributed by atoms with Gasteiger partial charge in [0.15, 0.2) is 0 Å². The Morgan fingerprint density at radius 2 is 2.33 bits per heavy atom. The topological polar surface area (TPSA) is 103 Å². The Morgan fingerprint density at radius 3 is 2.89 bits per heavy atom. The van der Waals surface area contributed by atoms with Crippen LogP contribution >= 0.6 is 0 Å². The summed E-state index contributed by atoms with van der Waals surface area (Å²) < 4.78 is 4.57. The molecule has 96 valence electrons. The Hall–Kier alpha value is -2.10. The van der Waals surface area contributed by atoms with Gasteiger partial charge in [-0.15, -0.1) is 0 Å². The lowest BCUT2D eigenvalue weighted by Crippen LogP contribution is -2.23. The Morgan fingerprint density at radius 1 is 1.61 bits per heavy atom. The van der Waals surface area contributed by atoms with Crippen LogP contribution in [0.2, 0.25) is 0 Å². The minimum absolute atomic E-state index is 0.142. The van der Waals surface area contributed by atoms with Crippen molar-refractivity contribution in [3.8, 4) is 6.07 Å². The molecule has 1 aromatic rings. The first-order valence-electron chi connectivity index (χ1n) is 5.27. The maximum atomic E-state index is 11.4. The quantitative estimate of drug-likeness (QED) is 0.641. The number of aliphatic hydroxyl groups excluding tert-OH is 2. The van der Waals surface area contributed by atoms with Crippen molar-refractivity contribution in [2.24, 2.45) is 0 Å². The zero-order valence-electron chi connectivity index (χ0n) is 9.88. The molecule has 0 bridgehead atoms. The number of carbonyl (C=O) groups is 1. The maximum absolute atomic E-state index is 11.4. The van der Waals surface area contributed by atoms with Crippen LogP contribution in [0, 0.1) is 11.3 Å². The second-order valence-electron chi connectivity index (χ2n) is 3.58. The largest absolute Gasteiger partial charge is 0.465 e. The van der Waals surface area contributed by atoms with Crippen LogP contribution in [-0.2, 0) is 4.74 Å². The molecule has 0 heterocycles. The lowest BCUT2D eigenvalue weighted by Gasteiger charge is -2.11. The second kappa shape index (κ2) is 6.59. The highest BCUT2D eigenvalue weighted by molar-refractivity contribution is 5.93. The van der Waals surface area contributed by atoms with E-state index >= 15 is 0 Å². The normalized spacial score (nSPS) is 11.4. The summed E-state index contributed by atoms with van der Waals surface area (Å²) in [6, 6.07) is 6.46. The van der Waals surface area contributed by atoms with Crippen LogP contribution in [0.4, 0.5) is 5.69 Å². The molecule has 1 rings (SSSR count). The smallest absolute Gasteiger partial charge is 0.339 e. The van der Waals surface area contributed by atoms with E-state index < -0.39 is 12.1 Å². The van der Waals surface area contributed by atoms with Crippen LogP contribution in [0.25, 0.3) is 0 Å². The predicted molar refractivity (Wildman–Crippen MR) is 64.1 cm³/mol. The SMILES string of the molecule is COC(=O)c1cc(NCC(O)CO)ccc1C#N. The Kier molecular flexibility index (Phi) is 5.11. The fourth-order valence-corrected chi connectivity index (χ4v) is 1.33. The van der Waals surface area contributed by atoms with Gasteiger partial charge in [0.1, 0.15) is 6.07 Å². The number of nitriles is 1. The summed E-state index contributed by atoms with van der Waals surface area (Å²) in [4.78, 5) is 11.4. The minimum Gasteiger partial charge on any atom is -0.465 e. The molecule has 0 saturated carbocycles. The van der Waals surface area contributed by atoms with E-state index in [0.29, 0.717) is 5.69 Å². The summed E-state index contributed by atoms with van der Waals surface area (Å²) >= 11 is 0. The molecule has 0 spiro atoms. The number of esters is 1. The van der Waals surface area contributed by atoms with Gasteiger partial charge in [-0.3, -0.25) is 0 Å². The monoisotopic (exact) mass is 250 g/mol.